The van der Waals surface area contributed by atoms with E-state index < -0.39 is 5.97 Å². The van der Waals surface area contributed by atoms with Crippen molar-refractivity contribution in [3.63, 3.8) is 0 Å². The van der Waals surface area contributed by atoms with Crippen LogP contribution in [-0.4, -0.2) is 46.2 Å². The molecule has 0 heterocycles. The zero-order chi connectivity index (χ0) is 26.3. The minimum atomic E-state index is -0.422. The molecule has 0 unspecified atom stereocenters. The fraction of sp³-hybridized carbons (Fsp3) is 0.464. The molecule has 8 nitrogen and oxygen atoms in total. The van der Waals surface area contributed by atoms with Crippen LogP contribution in [0.4, 0.5) is 0 Å². The quantitative estimate of drug-likeness (QED) is 0.132. The number of carbonyl (C=O) groups is 3. The number of benzene rings is 2. The predicted octanol–water partition coefficient (Wildman–Crippen LogP) is 5.34. The molecule has 0 bridgehead atoms. The Bertz CT molecular complexity index is 997. The standard InChI is InChI=1S/C28H36O8/c1-32-21-15-13-20(14-16-21)17-23(29)28-24(34-3)18-22(33-2)19-25(28)36-27(31)12-10-8-6-5-7-9-11-26(30)35-4/h13-16,18-19H,5-12,17H2,1-4H3. The molecule has 0 N–H and O–H groups in total. The van der Waals surface area contributed by atoms with Crippen LogP contribution in [0, 0.1) is 0 Å². The van der Waals surface area contributed by atoms with E-state index in [1.165, 1.54) is 27.4 Å². The van der Waals surface area contributed by atoms with Gasteiger partial charge in [0.05, 0.1) is 28.4 Å². The van der Waals surface area contributed by atoms with Crippen molar-refractivity contribution in [1.82, 2.24) is 0 Å². The summed E-state index contributed by atoms with van der Waals surface area (Å²) in [6.45, 7) is 0. The summed E-state index contributed by atoms with van der Waals surface area (Å²) in [4.78, 5) is 36.9. The lowest BCUT2D eigenvalue weighted by molar-refractivity contribution is -0.140. The molecule has 0 aromatic heterocycles. The van der Waals surface area contributed by atoms with Crippen LogP contribution in [0.2, 0.25) is 0 Å². The number of unbranched alkanes of at least 4 members (excludes halogenated alkanes) is 5. The summed E-state index contributed by atoms with van der Waals surface area (Å²) in [5.41, 5.74) is 0.996. The van der Waals surface area contributed by atoms with Crippen LogP contribution in [0.15, 0.2) is 36.4 Å². The monoisotopic (exact) mass is 500 g/mol. The third kappa shape index (κ3) is 9.24. The van der Waals surface area contributed by atoms with E-state index in [4.69, 9.17) is 18.9 Å². The molecule has 2 aromatic rings. The second-order valence-corrected chi connectivity index (χ2v) is 8.32. The fourth-order valence-electron chi connectivity index (χ4n) is 3.74. The molecule has 36 heavy (non-hydrogen) atoms. The Morgan fingerprint density at radius 3 is 1.75 bits per heavy atom. The second kappa shape index (κ2) is 15.4. The number of hydrogen-bond donors (Lipinski definition) is 0. The SMILES string of the molecule is COC(=O)CCCCCCCCC(=O)Oc1cc(OC)cc(OC)c1C(=O)Cc1ccc(OC)cc1. The van der Waals surface area contributed by atoms with Crippen LogP contribution in [0.3, 0.4) is 0 Å². The van der Waals surface area contributed by atoms with E-state index in [2.05, 4.69) is 4.74 Å². The second-order valence-electron chi connectivity index (χ2n) is 8.32. The maximum absolute atomic E-state index is 13.2. The van der Waals surface area contributed by atoms with Crippen molar-refractivity contribution in [3.05, 3.63) is 47.5 Å². The molecule has 0 aliphatic carbocycles. The van der Waals surface area contributed by atoms with Gasteiger partial charge in [0.25, 0.3) is 0 Å². The molecular weight excluding hydrogens is 464 g/mol. The highest BCUT2D eigenvalue weighted by molar-refractivity contribution is 6.03. The lowest BCUT2D eigenvalue weighted by Crippen LogP contribution is -2.14. The molecule has 0 spiro atoms. The van der Waals surface area contributed by atoms with Gasteiger partial charge in [-0.15, -0.1) is 0 Å². The Kier molecular flexibility index (Phi) is 12.3. The zero-order valence-corrected chi connectivity index (χ0v) is 21.6. The summed E-state index contributed by atoms with van der Waals surface area (Å²) in [7, 11) is 5.92. The number of methoxy groups -OCH3 is 4. The van der Waals surface area contributed by atoms with Gasteiger partial charge in [0.15, 0.2) is 5.78 Å². The maximum Gasteiger partial charge on any atom is 0.311 e. The van der Waals surface area contributed by atoms with E-state index in [1.807, 2.05) is 12.1 Å². The minimum Gasteiger partial charge on any atom is -0.497 e. The number of ether oxygens (including phenoxy) is 5. The van der Waals surface area contributed by atoms with Crippen molar-refractivity contribution < 1.29 is 38.1 Å². The van der Waals surface area contributed by atoms with Gasteiger partial charge in [-0.2, -0.15) is 0 Å². The number of ketones is 1. The van der Waals surface area contributed by atoms with Gasteiger partial charge in [0.2, 0.25) is 0 Å². The predicted molar refractivity (Wildman–Crippen MR) is 135 cm³/mol. The molecule has 0 atom stereocenters. The summed E-state index contributed by atoms with van der Waals surface area (Å²) < 4.78 is 26.1. The van der Waals surface area contributed by atoms with Crippen LogP contribution in [0.1, 0.15) is 67.3 Å². The number of rotatable bonds is 16. The molecule has 0 aliphatic heterocycles. The first-order valence-corrected chi connectivity index (χ1v) is 12.1. The highest BCUT2D eigenvalue weighted by Crippen LogP contribution is 2.35. The average molecular weight is 501 g/mol. The molecule has 0 radical (unpaired) electrons. The van der Waals surface area contributed by atoms with E-state index in [9.17, 15) is 14.4 Å². The maximum atomic E-state index is 13.2. The van der Waals surface area contributed by atoms with Gasteiger partial charge in [0.1, 0.15) is 28.6 Å². The van der Waals surface area contributed by atoms with Crippen LogP contribution in [-0.2, 0) is 20.7 Å². The first kappa shape index (κ1) is 28.7. The zero-order valence-electron chi connectivity index (χ0n) is 21.6. The highest BCUT2D eigenvalue weighted by Gasteiger charge is 2.23. The Morgan fingerprint density at radius 2 is 1.19 bits per heavy atom. The largest absolute Gasteiger partial charge is 0.497 e. The van der Waals surface area contributed by atoms with E-state index in [1.54, 1.807) is 25.3 Å². The summed E-state index contributed by atoms with van der Waals surface area (Å²) >= 11 is 0. The molecule has 0 saturated heterocycles. The molecule has 0 fully saturated rings. The first-order valence-electron chi connectivity index (χ1n) is 12.1. The molecule has 196 valence electrons. The van der Waals surface area contributed by atoms with Crippen molar-refractivity contribution in [2.24, 2.45) is 0 Å². The Hall–Kier alpha value is -3.55. The Balaban J connectivity index is 1.98. The van der Waals surface area contributed by atoms with E-state index in [0.717, 1.165) is 37.7 Å². The van der Waals surface area contributed by atoms with Crippen molar-refractivity contribution in [2.45, 2.75) is 57.8 Å². The van der Waals surface area contributed by atoms with Gasteiger partial charge in [-0.3, -0.25) is 14.4 Å². The highest BCUT2D eigenvalue weighted by atomic mass is 16.5. The molecule has 8 heteroatoms. The van der Waals surface area contributed by atoms with Crippen LogP contribution in [0.25, 0.3) is 0 Å². The van der Waals surface area contributed by atoms with Crippen molar-refractivity contribution in [1.29, 1.82) is 0 Å². The molecule has 0 amide bonds. The van der Waals surface area contributed by atoms with Crippen LogP contribution < -0.4 is 18.9 Å². The topological polar surface area (TPSA) is 97.4 Å². The first-order chi connectivity index (χ1) is 17.4. The smallest absolute Gasteiger partial charge is 0.311 e. The number of hydrogen-bond acceptors (Lipinski definition) is 8. The summed E-state index contributed by atoms with van der Waals surface area (Å²) in [6, 6.07) is 10.3. The Labute approximate surface area is 212 Å². The van der Waals surface area contributed by atoms with Crippen molar-refractivity contribution in [3.8, 4) is 23.0 Å². The summed E-state index contributed by atoms with van der Waals surface area (Å²) in [5.74, 6) is 0.671. The molecule has 2 aromatic carbocycles. The number of carbonyl (C=O) groups excluding carboxylic acids is 3. The van der Waals surface area contributed by atoms with Crippen molar-refractivity contribution >= 4 is 17.7 Å². The van der Waals surface area contributed by atoms with Gasteiger partial charge in [-0.25, -0.2) is 0 Å². The summed E-state index contributed by atoms with van der Waals surface area (Å²) in [6.07, 6.45) is 6.02. The van der Waals surface area contributed by atoms with Gasteiger partial charge in [-0.05, 0) is 30.5 Å². The lowest BCUT2D eigenvalue weighted by Gasteiger charge is -2.15. The van der Waals surface area contributed by atoms with Crippen LogP contribution in [0.5, 0.6) is 23.0 Å². The average Bonchev–Trinajstić information content (AvgIpc) is 2.89. The fourth-order valence-corrected chi connectivity index (χ4v) is 3.74. The molecule has 0 saturated carbocycles. The third-order valence-electron chi connectivity index (χ3n) is 5.76. The van der Waals surface area contributed by atoms with Gasteiger partial charge >= 0.3 is 11.9 Å². The molecule has 2 rings (SSSR count). The number of esters is 2. The normalized spacial score (nSPS) is 10.4. The molecular formula is C28H36O8. The third-order valence-corrected chi connectivity index (χ3v) is 5.76. The molecule has 0 aliphatic rings. The number of Topliss-reactive ketones (excluding diaryl/α,β-unsaturated/α-hetero) is 1. The van der Waals surface area contributed by atoms with Gasteiger partial charge in [0, 0.05) is 31.4 Å². The Morgan fingerprint density at radius 1 is 0.639 bits per heavy atom. The van der Waals surface area contributed by atoms with Crippen molar-refractivity contribution in [2.75, 3.05) is 28.4 Å². The van der Waals surface area contributed by atoms with E-state index >= 15 is 0 Å². The lowest BCUT2D eigenvalue weighted by atomic mass is 10.0. The van der Waals surface area contributed by atoms with Gasteiger partial charge < -0.3 is 23.7 Å². The van der Waals surface area contributed by atoms with E-state index in [-0.39, 0.29) is 41.7 Å². The minimum absolute atomic E-state index is 0.104. The summed E-state index contributed by atoms with van der Waals surface area (Å²) in [5, 5.41) is 0. The van der Waals surface area contributed by atoms with Crippen LogP contribution >= 0.6 is 0 Å². The van der Waals surface area contributed by atoms with Gasteiger partial charge in [-0.1, -0.05) is 37.8 Å². The van der Waals surface area contributed by atoms with E-state index in [0.29, 0.717) is 24.3 Å².